The van der Waals surface area contributed by atoms with Crippen molar-refractivity contribution in [3.63, 3.8) is 0 Å². The molecule has 7 heteroatoms. The van der Waals surface area contributed by atoms with E-state index in [-0.39, 0.29) is 5.56 Å². The Labute approximate surface area is 99.1 Å². The topological polar surface area (TPSA) is 89.7 Å². The summed E-state index contributed by atoms with van der Waals surface area (Å²) in [5, 5.41) is 19.5. The van der Waals surface area contributed by atoms with Crippen LogP contribution in [0.1, 0.15) is 10.4 Å². The van der Waals surface area contributed by atoms with Crippen LogP contribution < -0.4 is 4.43 Å². The minimum absolute atomic E-state index is 0.334. The lowest BCUT2D eigenvalue weighted by atomic mass is 10.2. The molecule has 0 atom stereocenters. The first-order chi connectivity index (χ1) is 7.70. The van der Waals surface area contributed by atoms with Gasteiger partial charge in [-0.25, -0.2) is 4.79 Å². The molecule has 0 aliphatic rings. The van der Waals surface area contributed by atoms with E-state index in [0.29, 0.717) is 5.75 Å². The van der Waals surface area contributed by atoms with Gasteiger partial charge in [-0.3, -0.25) is 10.1 Å². The molecule has 0 aromatic heterocycles. The normalized spacial score (nSPS) is 11.0. The van der Waals surface area contributed by atoms with Gasteiger partial charge in [-0.1, -0.05) is 0 Å². The average Bonchev–Trinajstić information content (AvgIpc) is 2.14. The van der Waals surface area contributed by atoms with Crippen LogP contribution in [0.3, 0.4) is 0 Å². The molecule has 6 nitrogen and oxygen atoms in total. The summed E-state index contributed by atoms with van der Waals surface area (Å²) in [6, 6.07) is 3.78. The molecule has 0 radical (unpaired) electrons. The summed E-state index contributed by atoms with van der Waals surface area (Å²) in [5.41, 5.74) is -0.786. The Morgan fingerprint density at radius 1 is 1.41 bits per heavy atom. The third-order valence-electron chi connectivity index (χ3n) is 1.82. The van der Waals surface area contributed by atoms with Crippen molar-refractivity contribution in [3.8, 4) is 5.75 Å². The number of carbonyl (C=O) groups is 1. The van der Waals surface area contributed by atoms with E-state index in [0.717, 1.165) is 6.07 Å². The van der Waals surface area contributed by atoms with Gasteiger partial charge in [0.25, 0.3) is 5.69 Å². The molecular formula is C10H13NO5Si. The molecule has 0 saturated heterocycles. The zero-order chi connectivity index (χ0) is 13.2. The Bertz CT molecular complexity index is 466. The maximum absolute atomic E-state index is 10.8. The van der Waals surface area contributed by atoms with E-state index in [9.17, 15) is 14.9 Å². The number of hydrogen-bond donors (Lipinski definition) is 1. The van der Waals surface area contributed by atoms with Gasteiger partial charge >= 0.3 is 5.97 Å². The molecule has 1 aromatic carbocycles. The minimum Gasteiger partial charge on any atom is -0.544 e. The maximum Gasteiger partial charge on any atom is 0.342 e. The number of nitro groups is 1. The van der Waals surface area contributed by atoms with Crippen molar-refractivity contribution in [1.29, 1.82) is 0 Å². The van der Waals surface area contributed by atoms with E-state index in [1.54, 1.807) is 0 Å². The number of nitrogens with zero attached hydrogens (tertiary/aromatic N) is 1. The van der Waals surface area contributed by atoms with E-state index in [1.807, 2.05) is 19.6 Å². The van der Waals surface area contributed by atoms with Crippen LogP contribution >= 0.6 is 0 Å². The number of benzene rings is 1. The van der Waals surface area contributed by atoms with Crippen molar-refractivity contribution in [2.75, 3.05) is 0 Å². The van der Waals surface area contributed by atoms with E-state index in [1.165, 1.54) is 12.1 Å². The van der Waals surface area contributed by atoms with Crippen molar-refractivity contribution in [1.82, 2.24) is 0 Å². The molecule has 0 spiro atoms. The molecule has 0 bridgehead atoms. The summed E-state index contributed by atoms with van der Waals surface area (Å²) in [5.74, 6) is -0.989. The first-order valence-electron chi connectivity index (χ1n) is 4.91. The van der Waals surface area contributed by atoms with E-state index >= 15 is 0 Å². The molecule has 0 aliphatic carbocycles. The lowest BCUT2D eigenvalue weighted by molar-refractivity contribution is -0.385. The third-order valence-corrected chi connectivity index (χ3v) is 2.67. The van der Waals surface area contributed by atoms with Crippen LogP contribution in [0.25, 0.3) is 0 Å². The molecule has 1 aromatic rings. The number of carboxylic acid groups (broad SMARTS) is 1. The Morgan fingerprint density at radius 3 is 2.41 bits per heavy atom. The van der Waals surface area contributed by atoms with Gasteiger partial charge in [-0.05, 0) is 31.8 Å². The fourth-order valence-corrected chi connectivity index (χ4v) is 2.09. The molecule has 1 N–H and O–H groups in total. The van der Waals surface area contributed by atoms with Crippen molar-refractivity contribution in [2.24, 2.45) is 0 Å². The smallest absolute Gasteiger partial charge is 0.342 e. The van der Waals surface area contributed by atoms with Crippen LogP contribution in [0.15, 0.2) is 18.2 Å². The van der Waals surface area contributed by atoms with Gasteiger partial charge in [-0.15, -0.1) is 0 Å². The highest BCUT2D eigenvalue weighted by molar-refractivity contribution is 6.70. The first-order valence-corrected chi connectivity index (χ1v) is 8.32. The second-order valence-electron chi connectivity index (χ2n) is 4.46. The summed E-state index contributed by atoms with van der Waals surface area (Å²) < 4.78 is 5.57. The Hall–Kier alpha value is -1.89. The van der Waals surface area contributed by atoms with Crippen molar-refractivity contribution < 1.29 is 19.3 Å². The number of nitro benzene ring substituents is 1. The highest BCUT2D eigenvalue weighted by atomic mass is 28.4. The summed E-state index contributed by atoms with van der Waals surface area (Å²) in [7, 11) is -1.87. The molecule has 92 valence electrons. The lowest BCUT2D eigenvalue weighted by Gasteiger charge is -2.18. The molecule has 17 heavy (non-hydrogen) atoms. The van der Waals surface area contributed by atoms with E-state index in [2.05, 4.69) is 0 Å². The van der Waals surface area contributed by atoms with Gasteiger partial charge in [0.15, 0.2) is 0 Å². The predicted octanol–water partition coefficient (Wildman–Crippen LogP) is 2.51. The van der Waals surface area contributed by atoms with Crippen LogP contribution in [0.2, 0.25) is 19.6 Å². The molecule has 0 unspecified atom stereocenters. The van der Waals surface area contributed by atoms with Crippen LogP contribution in [0.4, 0.5) is 5.69 Å². The molecule has 0 saturated carbocycles. The zero-order valence-electron chi connectivity index (χ0n) is 9.76. The second-order valence-corrected chi connectivity index (χ2v) is 8.88. The van der Waals surface area contributed by atoms with Crippen molar-refractivity contribution in [3.05, 3.63) is 33.9 Å². The molecule has 0 amide bonds. The largest absolute Gasteiger partial charge is 0.544 e. The number of hydrogen-bond acceptors (Lipinski definition) is 4. The number of carboxylic acids is 1. The van der Waals surface area contributed by atoms with Gasteiger partial charge in [0, 0.05) is 0 Å². The Morgan fingerprint density at radius 2 is 2.00 bits per heavy atom. The SMILES string of the molecule is C[Si](C)(C)Oc1ccc(C(=O)O)c([N+](=O)[O-])c1. The summed E-state index contributed by atoms with van der Waals surface area (Å²) in [6.07, 6.45) is 0. The Balaban J connectivity index is 3.19. The number of rotatable bonds is 4. The van der Waals surface area contributed by atoms with E-state index < -0.39 is 24.9 Å². The van der Waals surface area contributed by atoms with Gasteiger partial charge in [-0.2, -0.15) is 0 Å². The fraction of sp³-hybridized carbons (Fsp3) is 0.300. The first kappa shape index (κ1) is 13.2. The highest BCUT2D eigenvalue weighted by Gasteiger charge is 2.23. The van der Waals surface area contributed by atoms with Crippen LogP contribution in [-0.4, -0.2) is 24.3 Å². The number of aromatic carboxylic acids is 1. The van der Waals surface area contributed by atoms with Crippen molar-refractivity contribution in [2.45, 2.75) is 19.6 Å². The quantitative estimate of drug-likeness (QED) is 0.507. The monoisotopic (exact) mass is 255 g/mol. The highest BCUT2D eigenvalue weighted by Crippen LogP contribution is 2.26. The second kappa shape index (κ2) is 4.54. The zero-order valence-corrected chi connectivity index (χ0v) is 10.8. The summed E-state index contributed by atoms with van der Waals surface area (Å²) >= 11 is 0. The van der Waals surface area contributed by atoms with Crippen LogP contribution in [-0.2, 0) is 0 Å². The summed E-state index contributed by atoms with van der Waals surface area (Å²) in [6.45, 7) is 5.80. The molecule has 0 aliphatic heterocycles. The van der Waals surface area contributed by atoms with Crippen LogP contribution in [0.5, 0.6) is 5.75 Å². The Kier molecular flexibility index (Phi) is 3.52. The van der Waals surface area contributed by atoms with Gasteiger partial charge in [0.05, 0.1) is 11.0 Å². The molecule has 0 heterocycles. The minimum atomic E-state index is -1.87. The van der Waals surface area contributed by atoms with Crippen LogP contribution in [0, 0.1) is 10.1 Å². The summed E-state index contributed by atoms with van der Waals surface area (Å²) in [4.78, 5) is 20.8. The molecule has 1 rings (SSSR count). The third kappa shape index (κ3) is 3.56. The standard InChI is InChI=1S/C10H13NO5Si/c1-17(2,3)16-7-4-5-8(10(12)13)9(6-7)11(14)15/h4-6H,1-3H3,(H,12,13). The van der Waals surface area contributed by atoms with Gasteiger partial charge < -0.3 is 9.53 Å². The maximum atomic E-state index is 10.8. The van der Waals surface area contributed by atoms with Crippen molar-refractivity contribution >= 4 is 20.0 Å². The lowest BCUT2D eigenvalue weighted by Crippen LogP contribution is -2.29. The molecular weight excluding hydrogens is 242 g/mol. The predicted molar refractivity (Wildman–Crippen MR) is 64.0 cm³/mol. The van der Waals surface area contributed by atoms with E-state index in [4.69, 9.17) is 9.53 Å². The average molecular weight is 255 g/mol. The van der Waals surface area contributed by atoms with Gasteiger partial charge in [0.1, 0.15) is 11.3 Å². The fourth-order valence-electron chi connectivity index (χ4n) is 1.26. The molecule has 0 fully saturated rings. The van der Waals surface area contributed by atoms with Gasteiger partial charge in [0.2, 0.25) is 8.32 Å².